The monoisotopic (exact) mass is 438 g/mol. The maximum atomic E-state index is 12.9. The average Bonchev–Trinajstić information content (AvgIpc) is 3.11. The molecule has 2 aliphatic heterocycles. The van der Waals surface area contributed by atoms with Crippen molar-refractivity contribution >= 4 is 46.2 Å². The molecule has 4 rings (SSSR count). The summed E-state index contributed by atoms with van der Waals surface area (Å²) >= 11 is 6.66. The van der Waals surface area contributed by atoms with Crippen LogP contribution in [0, 0.1) is 18.3 Å². The van der Waals surface area contributed by atoms with Gasteiger partial charge in [-0.3, -0.25) is 9.69 Å². The van der Waals surface area contributed by atoms with Crippen LogP contribution in [0.25, 0.3) is 6.08 Å². The summed E-state index contributed by atoms with van der Waals surface area (Å²) in [6.07, 6.45) is 6.10. The molecule has 2 saturated heterocycles. The summed E-state index contributed by atoms with van der Waals surface area (Å²) in [6.45, 7) is 4.15. The van der Waals surface area contributed by atoms with Gasteiger partial charge in [-0.25, -0.2) is 0 Å². The maximum absolute atomic E-state index is 12.9. The van der Waals surface area contributed by atoms with E-state index in [0.29, 0.717) is 21.7 Å². The minimum Gasteiger partial charge on any atom is -0.420 e. The number of hydrogen-bond acceptors (Lipinski definition) is 7. The van der Waals surface area contributed by atoms with E-state index < -0.39 is 0 Å². The van der Waals surface area contributed by atoms with Crippen LogP contribution < -0.4 is 4.90 Å². The van der Waals surface area contributed by atoms with Gasteiger partial charge in [0.25, 0.3) is 5.91 Å². The number of aryl methyl sites for hydroxylation is 1. The zero-order valence-electron chi connectivity index (χ0n) is 16.8. The number of thiocarbonyl (C=S) groups is 1. The summed E-state index contributed by atoms with van der Waals surface area (Å²) < 4.78 is 6.41. The summed E-state index contributed by atoms with van der Waals surface area (Å²) in [7, 11) is 0. The highest BCUT2D eigenvalue weighted by atomic mass is 32.2. The van der Waals surface area contributed by atoms with Crippen molar-refractivity contribution in [2.45, 2.75) is 39.2 Å². The molecule has 2 aliphatic rings. The summed E-state index contributed by atoms with van der Waals surface area (Å²) in [5, 5.41) is 9.49. The second-order valence-corrected chi connectivity index (χ2v) is 9.15. The highest BCUT2D eigenvalue weighted by Gasteiger charge is 2.33. The highest BCUT2D eigenvalue weighted by molar-refractivity contribution is 8.26. The van der Waals surface area contributed by atoms with E-state index in [4.69, 9.17) is 16.6 Å². The van der Waals surface area contributed by atoms with Crippen molar-refractivity contribution in [3.63, 3.8) is 0 Å². The predicted octanol–water partition coefficient (Wildman–Crippen LogP) is 4.64. The van der Waals surface area contributed by atoms with Crippen LogP contribution >= 0.6 is 24.0 Å². The minimum atomic E-state index is -0.168. The normalized spacial score (nSPS) is 18.7. The Morgan fingerprint density at radius 1 is 1.23 bits per heavy atom. The lowest BCUT2D eigenvalue weighted by atomic mass is 10.1. The summed E-state index contributed by atoms with van der Waals surface area (Å²) in [4.78, 5) is 21.3. The number of hydrogen-bond donors (Lipinski definition) is 0. The van der Waals surface area contributed by atoms with Crippen LogP contribution in [0.2, 0.25) is 0 Å². The van der Waals surface area contributed by atoms with E-state index in [-0.39, 0.29) is 17.5 Å². The molecule has 1 amide bonds. The molecule has 0 atom stereocenters. The maximum Gasteiger partial charge on any atom is 0.266 e. The Bertz CT molecular complexity index is 1030. The van der Waals surface area contributed by atoms with Gasteiger partial charge in [-0.2, -0.15) is 10.2 Å². The molecular formula is C22H22N4O2S2. The number of carbonyl (C=O) groups excluding carboxylic acids is 1. The molecule has 30 heavy (non-hydrogen) atoms. The first-order chi connectivity index (χ1) is 14.5. The molecule has 0 N–H and O–H groups in total. The second-order valence-electron chi connectivity index (χ2n) is 7.47. The van der Waals surface area contributed by atoms with Crippen LogP contribution in [-0.2, 0) is 11.3 Å². The molecule has 2 aromatic rings. The molecule has 1 aromatic carbocycles. The number of thioether (sulfide) groups is 1. The number of carbonyl (C=O) groups is 1. The number of amides is 1. The van der Waals surface area contributed by atoms with Gasteiger partial charge in [0.15, 0.2) is 0 Å². The number of anilines is 1. The van der Waals surface area contributed by atoms with E-state index in [0.717, 1.165) is 31.5 Å². The Kier molecular flexibility index (Phi) is 6.21. The molecule has 2 fully saturated rings. The summed E-state index contributed by atoms with van der Waals surface area (Å²) in [5.74, 6) is 0.598. The number of rotatable bonds is 4. The van der Waals surface area contributed by atoms with Gasteiger partial charge in [-0.1, -0.05) is 66.7 Å². The number of oxazole rings is 1. The van der Waals surface area contributed by atoms with Gasteiger partial charge < -0.3 is 9.32 Å². The van der Waals surface area contributed by atoms with E-state index in [9.17, 15) is 10.1 Å². The summed E-state index contributed by atoms with van der Waals surface area (Å²) in [6, 6.07) is 10.2. The van der Waals surface area contributed by atoms with Crippen molar-refractivity contribution in [3.05, 3.63) is 51.9 Å². The lowest BCUT2D eigenvalue weighted by Crippen LogP contribution is -2.27. The van der Waals surface area contributed by atoms with Crippen molar-refractivity contribution in [1.82, 2.24) is 9.88 Å². The van der Waals surface area contributed by atoms with Crippen molar-refractivity contribution in [2.24, 2.45) is 0 Å². The highest BCUT2D eigenvalue weighted by Crippen LogP contribution is 2.34. The zero-order valence-corrected chi connectivity index (χ0v) is 18.4. The lowest BCUT2D eigenvalue weighted by Gasteiger charge is -2.18. The van der Waals surface area contributed by atoms with Gasteiger partial charge in [-0.15, -0.1) is 0 Å². The Labute approximate surface area is 185 Å². The average molecular weight is 439 g/mol. The molecule has 1 aromatic heterocycles. The van der Waals surface area contributed by atoms with Crippen molar-refractivity contribution in [2.75, 3.05) is 18.0 Å². The van der Waals surface area contributed by atoms with Crippen LogP contribution in [0.4, 0.5) is 5.88 Å². The minimum absolute atomic E-state index is 0.168. The predicted molar refractivity (Wildman–Crippen MR) is 122 cm³/mol. The Morgan fingerprint density at radius 3 is 2.60 bits per heavy atom. The Morgan fingerprint density at radius 2 is 1.93 bits per heavy atom. The molecule has 0 bridgehead atoms. The van der Waals surface area contributed by atoms with Crippen LogP contribution in [-0.4, -0.2) is 33.2 Å². The van der Waals surface area contributed by atoms with E-state index in [1.54, 1.807) is 11.0 Å². The molecular weight excluding hydrogens is 416 g/mol. The standard InChI is InChI=1S/C22H22N4O2S2/c1-15-6-8-16(9-7-15)14-26-20(27)18(30-22(26)29)12-19-24-17(13-23)21(28-19)25-10-4-2-3-5-11-25/h6-9,12H,2-5,10-11,14H2,1H3/b18-12+. The molecule has 0 radical (unpaired) electrons. The molecule has 8 heteroatoms. The second kappa shape index (κ2) is 9.02. The SMILES string of the molecule is Cc1ccc(CN2C(=O)/C(=C\c3nc(C#N)c(N4CCCCCC4)o3)SC2=S)cc1. The Balaban J connectivity index is 1.54. The first-order valence-corrected chi connectivity index (χ1v) is 11.2. The third-order valence-corrected chi connectivity index (χ3v) is 6.59. The van der Waals surface area contributed by atoms with E-state index in [2.05, 4.69) is 16.0 Å². The number of benzene rings is 1. The molecule has 0 unspecified atom stereocenters. The largest absolute Gasteiger partial charge is 0.420 e. The van der Waals surface area contributed by atoms with Crippen LogP contribution in [0.5, 0.6) is 0 Å². The molecule has 6 nitrogen and oxygen atoms in total. The number of aromatic nitrogens is 1. The van der Waals surface area contributed by atoms with Gasteiger partial charge in [0, 0.05) is 19.2 Å². The van der Waals surface area contributed by atoms with Gasteiger partial charge in [-0.05, 0) is 25.3 Å². The lowest BCUT2D eigenvalue weighted by molar-refractivity contribution is -0.122. The third kappa shape index (κ3) is 4.42. The Hall–Kier alpha value is -2.63. The smallest absolute Gasteiger partial charge is 0.266 e. The number of nitrogens with zero attached hydrogens (tertiary/aromatic N) is 4. The van der Waals surface area contributed by atoms with Crippen LogP contribution in [0.3, 0.4) is 0 Å². The van der Waals surface area contributed by atoms with Gasteiger partial charge in [0.2, 0.25) is 17.5 Å². The van der Waals surface area contributed by atoms with E-state index in [1.807, 2.05) is 31.2 Å². The zero-order chi connectivity index (χ0) is 21.1. The fourth-order valence-electron chi connectivity index (χ4n) is 3.58. The van der Waals surface area contributed by atoms with Gasteiger partial charge >= 0.3 is 0 Å². The molecule has 0 saturated carbocycles. The first-order valence-electron chi connectivity index (χ1n) is 10.0. The fraction of sp³-hybridized carbons (Fsp3) is 0.364. The fourth-order valence-corrected chi connectivity index (χ4v) is 4.80. The van der Waals surface area contributed by atoms with Crippen molar-refractivity contribution < 1.29 is 9.21 Å². The van der Waals surface area contributed by atoms with Gasteiger partial charge in [0.05, 0.1) is 11.4 Å². The quantitative estimate of drug-likeness (QED) is 0.509. The van der Waals surface area contributed by atoms with E-state index >= 15 is 0 Å². The molecule has 0 aliphatic carbocycles. The van der Waals surface area contributed by atoms with Crippen molar-refractivity contribution in [3.8, 4) is 6.07 Å². The summed E-state index contributed by atoms with van der Waals surface area (Å²) in [5.41, 5.74) is 2.45. The number of nitriles is 1. The van der Waals surface area contributed by atoms with E-state index in [1.165, 1.54) is 30.2 Å². The molecule has 154 valence electrons. The molecule has 0 spiro atoms. The topological polar surface area (TPSA) is 73.4 Å². The third-order valence-electron chi connectivity index (χ3n) is 5.21. The van der Waals surface area contributed by atoms with Crippen molar-refractivity contribution in [1.29, 1.82) is 5.26 Å². The van der Waals surface area contributed by atoms with Crippen LogP contribution in [0.1, 0.15) is 48.4 Å². The van der Waals surface area contributed by atoms with Gasteiger partial charge in [0.1, 0.15) is 10.4 Å². The first kappa shape index (κ1) is 20.6. The van der Waals surface area contributed by atoms with Crippen LogP contribution in [0.15, 0.2) is 33.6 Å². The molecule has 3 heterocycles.